The van der Waals surface area contributed by atoms with Crippen LogP contribution in [-0.2, 0) is 19.6 Å². The van der Waals surface area contributed by atoms with Gasteiger partial charge in [-0.2, -0.15) is 0 Å². The Hall–Kier alpha value is -1.48. The number of ether oxygens (including phenoxy) is 1. The van der Waals surface area contributed by atoms with Gasteiger partial charge in [-0.05, 0) is 26.0 Å². The second-order valence-corrected chi connectivity index (χ2v) is 7.79. The lowest BCUT2D eigenvalue weighted by atomic mass is 10.2. The maximum Gasteiger partial charge on any atom is 0.240 e. The Morgan fingerprint density at radius 2 is 1.88 bits per heavy atom. The number of nitrogens with one attached hydrogen (secondary N) is 2. The highest BCUT2D eigenvalue weighted by Crippen LogP contribution is 2.09. The molecule has 1 aromatic carbocycles. The van der Waals surface area contributed by atoms with Crippen molar-refractivity contribution in [2.24, 2.45) is 0 Å². The number of carbonyl (C=O) groups excluding carboxylic acids is 1. The Balaban J connectivity index is 1.78. The summed E-state index contributed by atoms with van der Waals surface area (Å²) in [6.45, 7) is 6.87. The van der Waals surface area contributed by atoms with Gasteiger partial charge in [-0.15, -0.1) is 0 Å². The van der Waals surface area contributed by atoms with Gasteiger partial charge in [0.1, 0.15) is 0 Å². The maximum atomic E-state index is 12.2. The van der Waals surface area contributed by atoms with Crippen molar-refractivity contribution >= 4 is 15.9 Å². The standard InChI is InChI=1S/C16H25N3O4S/c1-13-3-5-15(6-4-13)24(21,22)17-11-14(2)18-16(20)12-19-7-9-23-10-8-19/h3-6,14,17H,7-12H2,1-2H3,(H,18,20)/t14-/m1/s1. The third-order valence-electron chi connectivity index (χ3n) is 3.79. The number of carbonyl (C=O) groups is 1. The van der Waals surface area contributed by atoms with E-state index in [1.165, 1.54) is 0 Å². The topological polar surface area (TPSA) is 87.7 Å². The van der Waals surface area contributed by atoms with E-state index in [2.05, 4.69) is 10.0 Å². The van der Waals surface area contributed by atoms with Gasteiger partial charge >= 0.3 is 0 Å². The van der Waals surface area contributed by atoms with Gasteiger partial charge in [0.15, 0.2) is 0 Å². The van der Waals surface area contributed by atoms with E-state index < -0.39 is 10.0 Å². The summed E-state index contributed by atoms with van der Waals surface area (Å²) >= 11 is 0. The fourth-order valence-electron chi connectivity index (χ4n) is 2.37. The summed E-state index contributed by atoms with van der Waals surface area (Å²) in [5.74, 6) is -0.112. The van der Waals surface area contributed by atoms with E-state index >= 15 is 0 Å². The third-order valence-corrected chi connectivity index (χ3v) is 5.23. The van der Waals surface area contributed by atoms with Crippen LogP contribution < -0.4 is 10.0 Å². The van der Waals surface area contributed by atoms with E-state index in [0.717, 1.165) is 18.7 Å². The van der Waals surface area contributed by atoms with Crippen LogP contribution in [-0.4, -0.2) is 64.7 Å². The Labute approximate surface area is 143 Å². The summed E-state index contributed by atoms with van der Waals surface area (Å²) in [5.41, 5.74) is 0.998. The van der Waals surface area contributed by atoms with Gasteiger partial charge in [0.2, 0.25) is 15.9 Å². The number of aryl methyl sites for hydroxylation is 1. The van der Waals surface area contributed by atoms with Crippen LogP contribution in [0.3, 0.4) is 0 Å². The second-order valence-electron chi connectivity index (χ2n) is 6.02. The molecule has 1 saturated heterocycles. The molecule has 24 heavy (non-hydrogen) atoms. The van der Waals surface area contributed by atoms with Crippen LogP contribution in [0.1, 0.15) is 12.5 Å². The molecule has 2 N–H and O–H groups in total. The second kappa shape index (κ2) is 8.57. The molecule has 0 radical (unpaired) electrons. The lowest BCUT2D eigenvalue weighted by Gasteiger charge is -2.26. The SMILES string of the molecule is Cc1ccc(S(=O)(=O)NC[C@@H](C)NC(=O)CN2CCOCC2)cc1. The van der Waals surface area contributed by atoms with Crippen molar-refractivity contribution in [2.75, 3.05) is 39.4 Å². The number of amides is 1. The fourth-order valence-corrected chi connectivity index (χ4v) is 3.50. The van der Waals surface area contributed by atoms with Crippen LogP contribution in [0.25, 0.3) is 0 Å². The van der Waals surface area contributed by atoms with Gasteiger partial charge in [0, 0.05) is 25.7 Å². The van der Waals surface area contributed by atoms with Crippen molar-refractivity contribution < 1.29 is 17.9 Å². The molecule has 0 saturated carbocycles. The van der Waals surface area contributed by atoms with Crippen molar-refractivity contribution in [3.63, 3.8) is 0 Å². The average Bonchev–Trinajstić information content (AvgIpc) is 2.54. The predicted octanol–water partition coefficient (Wildman–Crippen LogP) is 0.110. The van der Waals surface area contributed by atoms with Crippen LogP contribution in [0.4, 0.5) is 0 Å². The molecule has 0 unspecified atom stereocenters. The number of sulfonamides is 1. The van der Waals surface area contributed by atoms with Crippen molar-refractivity contribution in [3.8, 4) is 0 Å². The highest BCUT2D eigenvalue weighted by Gasteiger charge is 2.18. The zero-order valence-electron chi connectivity index (χ0n) is 14.1. The van der Waals surface area contributed by atoms with E-state index in [9.17, 15) is 13.2 Å². The minimum absolute atomic E-state index is 0.112. The molecule has 0 spiro atoms. The van der Waals surface area contributed by atoms with E-state index in [4.69, 9.17) is 4.74 Å². The fraction of sp³-hybridized carbons (Fsp3) is 0.562. The van der Waals surface area contributed by atoms with Crippen molar-refractivity contribution in [1.82, 2.24) is 14.9 Å². The highest BCUT2D eigenvalue weighted by molar-refractivity contribution is 7.89. The molecule has 1 fully saturated rings. The zero-order chi connectivity index (χ0) is 17.6. The molecular weight excluding hydrogens is 330 g/mol. The minimum Gasteiger partial charge on any atom is -0.379 e. The maximum absolute atomic E-state index is 12.2. The van der Waals surface area contributed by atoms with Gasteiger partial charge in [-0.3, -0.25) is 9.69 Å². The third kappa shape index (κ3) is 5.86. The molecule has 8 heteroatoms. The van der Waals surface area contributed by atoms with Gasteiger partial charge in [-0.25, -0.2) is 13.1 Å². The van der Waals surface area contributed by atoms with Crippen LogP contribution >= 0.6 is 0 Å². The van der Waals surface area contributed by atoms with E-state index in [1.54, 1.807) is 31.2 Å². The molecule has 7 nitrogen and oxygen atoms in total. The molecule has 1 atom stereocenters. The predicted molar refractivity (Wildman–Crippen MR) is 91.2 cm³/mol. The molecule has 0 aliphatic carbocycles. The Morgan fingerprint density at radius 1 is 1.25 bits per heavy atom. The Morgan fingerprint density at radius 3 is 2.50 bits per heavy atom. The van der Waals surface area contributed by atoms with Gasteiger partial charge in [-0.1, -0.05) is 17.7 Å². The number of hydrogen-bond donors (Lipinski definition) is 2. The average molecular weight is 355 g/mol. The normalized spacial score (nSPS) is 17.4. The Kier molecular flexibility index (Phi) is 6.73. The number of rotatable bonds is 7. The minimum atomic E-state index is -3.56. The molecule has 1 aliphatic heterocycles. The smallest absolute Gasteiger partial charge is 0.240 e. The zero-order valence-corrected chi connectivity index (χ0v) is 14.9. The lowest BCUT2D eigenvalue weighted by molar-refractivity contribution is -0.123. The first-order chi connectivity index (χ1) is 11.4. The van der Waals surface area contributed by atoms with Crippen LogP contribution in [0.5, 0.6) is 0 Å². The van der Waals surface area contributed by atoms with Gasteiger partial charge < -0.3 is 10.1 Å². The molecule has 0 aromatic heterocycles. The quantitative estimate of drug-likeness (QED) is 0.725. The first-order valence-corrected chi connectivity index (χ1v) is 9.51. The van der Waals surface area contributed by atoms with Crippen LogP contribution in [0, 0.1) is 6.92 Å². The lowest BCUT2D eigenvalue weighted by Crippen LogP contribution is -2.47. The molecule has 1 heterocycles. The van der Waals surface area contributed by atoms with Gasteiger partial charge in [0.25, 0.3) is 0 Å². The Bertz CT molecular complexity index is 640. The molecule has 1 aliphatic rings. The molecular formula is C16H25N3O4S. The molecule has 2 rings (SSSR count). The van der Waals surface area contributed by atoms with E-state index in [1.807, 2.05) is 11.8 Å². The first kappa shape index (κ1) is 18.9. The van der Waals surface area contributed by atoms with Crippen molar-refractivity contribution in [3.05, 3.63) is 29.8 Å². The number of nitrogens with zero attached hydrogens (tertiary/aromatic N) is 1. The summed E-state index contributed by atoms with van der Waals surface area (Å²) in [4.78, 5) is 14.2. The monoisotopic (exact) mass is 355 g/mol. The summed E-state index contributed by atoms with van der Waals surface area (Å²) in [5, 5.41) is 2.81. The summed E-state index contributed by atoms with van der Waals surface area (Å²) in [7, 11) is -3.56. The molecule has 134 valence electrons. The molecule has 1 aromatic rings. The molecule has 0 bridgehead atoms. The summed E-state index contributed by atoms with van der Waals surface area (Å²) in [6.07, 6.45) is 0. The summed E-state index contributed by atoms with van der Waals surface area (Å²) < 4.78 is 32.2. The first-order valence-electron chi connectivity index (χ1n) is 8.02. The van der Waals surface area contributed by atoms with Crippen molar-refractivity contribution in [2.45, 2.75) is 24.8 Å². The number of hydrogen-bond acceptors (Lipinski definition) is 5. The molecule has 1 amide bonds. The highest BCUT2D eigenvalue weighted by atomic mass is 32.2. The van der Waals surface area contributed by atoms with Crippen LogP contribution in [0.15, 0.2) is 29.2 Å². The van der Waals surface area contributed by atoms with Gasteiger partial charge in [0.05, 0.1) is 24.7 Å². The largest absolute Gasteiger partial charge is 0.379 e. The summed E-state index contributed by atoms with van der Waals surface area (Å²) in [6, 6.07) is 6.35. The van der Waals surface area contributed by atoms with Crippen LogP contribution in [0.2, 0.25) is 0 Å². The number of benzene rings is 1. The van der Waals surface area contributed by atoms with E-state index in [0.29, 0.717) is 19.8 Å². The van der Waals surface area contributed by atoms with Crippen molar-refractivity contribution in [1.29, 1.82) is 0 Å². The van der Waals surface area contributed by atoms with E-state index in [-0.39, 0.29) is 23.4 Å². The number of morpholine rings is 1.